The van der Waals surface area contributed by atoms with Gasteiger partial charge < -0.3 is 24.4 Å². The molecule has 6 atom stereocenters. The van der Waals surface area contributed by atoms with Gasteiger partial charge in [-0.1, -0.05) is 12.2 Å². The summed E-state index contributed by atoms with van der Waals surface area (Å²) in [7, 11) is 0. The minimum atomic E-state index is -0.984. The van der Waals surface area contributed by atoms with Crippen LogP contribution in [0.15, 0.2) is 30.4 Å². The van der Waals surface area contributed by atoms with Crippen LogP contribution in [0.1, 0.15) is 52.4 Å². The Bertz CT molecular complexity index is 809. The van der Waals surface area contributed by atoms with E-state index in [4.69, 9.17) is 14.2 Å². The molecule has 2 fully saturated rings. The summed E-state index contributed by atoms with van der Waals surface area (Å²) in [6, 6.07) is 2.86. The van der Waals surface area contributed by atoms with Gasteiger partial charge in [-0.3, -0.25) is 4.79 Å². The van der Waals surface area contributed by atoms with Crippen LogP contribution in [0.5, 0.6) is 5.75 Å². The Hall–Kier alpha value is -2.03. The molecule has 2 aliphatic rings. The highest BCUT2D eigenvalue weighted by atomic mass is 19.1. The second-order valence-corrected chi connectivity index (χ2v) is 9.66. The number of hydrogen-bond donors (Lipinski definition) is 2. The van der Waals surface area contributed by atoms with Gasteiger partial charge in [-0.05, 0) is 51.4 Å². The number of carbonyl (C=O) groups is 1. The van der Waals surface area contributed by atoms with Gasteiger partial charge in [0.25, 0.3) is 0 Å². The van der Waals surface area contributed by atoms with Crippen LogP contribution in [0.4, 0.5) is 8.78 Å². The molecule has 6 nitrogen and oxygen atoms in total. The van der Waals surface area contributed by atoms with Crippen LogP contribution in [0.2, 0.25) is 0 Å². The van der Waals surface area contributed by atoms with Gasteiger partial charge in [0.15, 0.2) is 0 Å². The first-order chi connectivity index (χ1) is 16.2. The van der Waals surface area contributed by atoms with E-state index in [1.54, 1.807) is 12.2 Å². The van der Waals surface area contributed by atoms with E-state index in [2.05, 4.69) is 0 Å². The standard InChI is InChI=1S/C26H36F2O6/c1-16(2)34-26(31)5-3-4-17-6-8-23-22(24(30)13-25(23)33-14-17)9-7-20(29)15-32-21-11-18(27)10-19(28)12-21/h7,9-12,16-17,20,22-25,29-30H,3-6,8,13-15H2,1-2H3/b9-7+/t17-,20+,22+,23+,24+,25-/m0/s1. The molecule has 0 aromatic heterocycles. The lowest BCUT2D eigenvalue weighted by Gasteiger charge is -2.21. The van der Waals surface area contributed by atoms with Crippen molar-refractivity contribution in [3.05, 3.63) is 42.0 Å². The lowest BCUT2D eigenvalue weighted by molar-refractivity contribution is -0.147. The van der Waals surface area contributed by atoms with Gasteiger partial charge in [-0.2, -0.15) is 0 Å². The van der Waals surface area contributed by atoms with Crippen molar-refractivity contribution >= 4 is 5.97 Å². The predicted molar refractivity (Wildman–Crippen MR) is 122 cm³/mol. The molecule has 2 N–H and O–H groups in total. The molecule has 0 radical (unpaired) electrons. The van der Waals surface area contributed by atoms with E-state index in [0.717, 1.165) is 43.9 Å². The van der Waals surface area contributed by atoms with Crippen LogP contribution in [-0.2, 0) is 14.3 Å². The Morgan fingerprint density at radius 3 is 2.68 bits per heavy atom. The average molecular weight is 483 g/mol. The highest BCUT2D eigenvalue weighted by Crippen LogP contribution is 2.42. The van der Waals surface area contributed by atoms with Gasteiger partial charge in [0.1, 0.15) is 30.1 Å². The normalized spacial score (nSPS) is 28.0. The fraction of sp³-hybridized carbons (Fsp3) is 0.654. The van der Waals surface area contributed by atoms with E-state index in [1.807, 2.05) is 13.8 Å². The zero-order valence-corrected chi connectivity index (χ0v) is 19.9. The molecule has 1 aromatic rings. The maximum Gasteiger partial charge on any atom is 0.306 e. The zero-order valence-electron chi connectivity index (χ0n) is 19.9. The molecule has 1 aliphatic heterocycles. The summed E-state index contributed by atoms with van der Waals surface area (Å²) in [5, 5.41) is 20.8. The number of ether oxygens (including phenoxy) is 3. The van der Waals surface area contributed by atoms with E-state index in [1.165, 1.54) is 0 Å². The molecule has 1 saturated heterocycles. The predicted octanol–water partition coefficient (Wildman–Crippen LogP) is 4.17. The molecule has 0 amide bonds. The third-order valence-electron chi connectivity index (χ3n) is 6.52. The van der Waals surface area contributed by atoms with Gasteiger partial charge in [0.05, 0.1) is 18.3 Å². The monoisotopic (exact) mass is 482 g/mol. The quantitative estimate of drug-likeness (QED) is 0.385. The number of aliphatic hydroxyl groups is 2. The van der Waals surface area contributed by atoms with Crippen LogP contribution >= 0.6 is 0 Å². The van der Waals surface area contributed by atoms with Crippen molar-refractivity contribution in [3.63, 3.8) is 0 Å². The first-order valence-corrected chi connectivity index (χ1v) is 12.2. The molecule has 190 valence electrons. The molecule has 3 rings (SSSR count). The van der Waals surface area contributed by atoms with E-state index in [9.17, 15) is 23.8 Å². The highest BCUT2D eigenvalue weighted by Gasteiger charge is 2.43. The molecule has 0 bridgehead atoms. The van der Waals surface area contributed by atoms with Crippen molar-refractivity contribution in [1.82, 2.24) is 0 Å². The summed E-state index contributed by atoms with van der Waals surface area (Å²) in [6.45, 7) is 4.14. The Labute approximate surface area is 199 Å². The average Bonchev–Trinajstić information content (AvgIpc) is 2.91. The van der Waals surface area contributed by atoms with Crippen molar-refractivity contribution in [2.24, 2.45) is 17.8 Å². The molecule has 34 heavy (non-hydrogen) atoms. The Morgan fingerprint density at radius 2 is 1.97 bits per heavy atom. The van der Waals surface area contributed by atoms with Gasteiger partial charge in [0.2, 0.25) is 0 Å². The molecular weight excluding hydrogens is 446 g/mol. The van der Waals surface area contributed by atoms with E-state index in [-0.39, 0.29) is 42.4 Å². The Kier molecular flexibility index (Phi) is 9.85. The Balaban J connectivity index is 1.46. The van der Waals surface area contributed by atoms with Gasteiger partial charge in [0, 0.05) is 43.6 Å². The van der Waals surface area contributed by atoms with Crippen molar-refractivity contribution < 1.29 is 38.0 Å². The van der Waals surface area contributed by atoms with Crippen molar-refractivity contribution in [1.29, 1.82) is 0 Å². The molecule has 1 heterocycles. The van der Waals surface area contributed by atoms with E-state index >= 15 is 0 Å². The summed E-state index contributed by atoms with van der Waals surface area (Å²) in [5.74, 6) is -1.29. The zero-order chi connectivity index (χ0) is 24.7. The van der Waals surface area contributed by atoms with E-state index in [0.29, 0.717) is 25.4 Å². The van der Waals surface area contributed by atoms with Crippen LogP contribution in [0.3, 0.4) is 0 Å². The number of esters is 1. The summed E-state index contributed by atoms with van der Waals surface area (Å²) in [4.78, 5) is 11.7. The maximum absolute atomic E-state index is 13.3. The highest BCUT2D eigenvalue weighted by molar-refractivity contribution is 5.69. The number of aliphatic hydroxyl groups excluding tert-OH is 2. The van der Waals surface area contributed by atoms with Gasteiger partial charge in [-0.25, -0.2) is 8.78 Å². The molecular formula is C26H36F2O6. The fourth-order valence-corrected chi connectivity index (χ4v) is 4.91. The van der Waals surface area contributed by atoms with Crippen LogP contribution < -0.4 is 4.74 Å². The first kappa shape index (κ1) is 26.6. The molecule has 0 unspecified atom stereocenters. The number of rotatable bonds is 10. The maximum atomic E-state index is 13.3. The molecule has 1 aliphatic carbocycles. The minimum absolute atomic E-state index is 0.00610. The number of carbonyl (C=O) groups excluding carboxylic acids is 1. The number of halogens is 2. The third-order valence-corrected chi connectivity index (χ3v) is 6.52. The molecule has 1 aromatic carbocycles. The van der Waals surface area contributed by atoms with Gasteiger partial charge >= 0.3 is 5.97 Å². The molecule has 0 spiro atoms. The number of fused-ring (bicyclic) bond motifs is 1. The van der Waals surface area contributed by atoms with Crippen molar-refractivity contribution in [3.8, 4) is 5.75 Å². The number of hydrogen-bond acceptors (Lipinski definition) is 6. The summed E-state index contributed by atoms with van der Waals surface area (Å²) < 4.78 is 43.1. The van der Waals surface area contributed by atoms with Crippen LogP contribution in [0.25, 0.3) is 0 Å². The summed E-state index contributed by atoms with van der Waals surface area (Å²) >= 11 is 0. The van der Waals surface area contributed by atoms with Gasteiger partial charge in [-0.15, -0.1) is 0 Å². The van der Waals surface area contributed by atoms with Crippen LogP contribution in [0, 0.1) is 29.4 Å². The fourth-order valence-electron chi connectivity index (χ4n) is 4.91. The largest absolute Gasteiger partial charge is 0.490 e. The van der Waals surface area contributed by atoms with Crippen LogP contribution in [-0.4, -0.2) is 53.8 Å². The summed E-state index contributed by atoms with van der Waals surface area (Å²) in [5.41, 5.74) is 0. The SMILES string of the molecule is CC(C)OC(=O)CCC[C@H]1CC[C@@H]2[C@@H](/C=C/[C@@H](O)COc3cc(F)cc(F)c3)[C@H](O)C[C@@H]2OC1. The minimum Gasteiger partial charge on any atom is -0.490 e. The third kappa shape index (κ3) is 8.03. The lowest BCUT2D eigenvalue weighted by atomic mass is 9.86. The number of benzene rings is 1. The lowest BCUT2D eigenvalue weighted by Crippen LogP contribution is -2.22. The molecule has 1 saturated carbocycles. The second kappa shape index (κ2) is 12.6. The first-order valence-electron chi connectivity index (χ1n) is 12.2. The summed E-state index contributed by atoms with van der Waals surface area (Å²) in [6.07, 6.45) is 6.16. The van der Waals surface area contributed by atoms with Crippen molar-refractivity contribution in [2.75, 3.05) is 13.2 Å². The second-order valence-electron chi connectivity index (χ2n) is 9.66. The molecule has 8 heteroatoms. The Morgan fingerprint density at radius 1 is 1.24 bits per heavy atom. The smallest absolute Gasteiger partial charge is 0.306 e. The topological polar surface area (TPSA) is 85.2 Å². The van der Waals surface area contributed by atoms with E-state index < -0.39 is 23.8 Å². The van der Waals surface area contributed by atoms with Crippen molar-refractivity contribution in [2.45, 2.75) is 76.8 Å².